The highest BCUT2D eigenvalue weighted by Crippen LogP contribution is 2.25. The summed E-state index contributed by atoms with van der Waals surface area (Å²) in [4.78, 5) is 13.3. The monoisotopic (exact) mass is 250 g/mol. The van der Waals surface area contributed by atoms with Gasteiger partial charge in [0.1, 0.15) is 0 Å². The second-order valence-electron chi connectivity index (χ2n) is 2.14. The highest BCUT2D eigenvalue weighted by atomic mass is 79.9. The molecule has 0 aliphatic carbocycles. The topological polar surface area (TPSA) is 56.0 Å². The Morgan fingerprint density at radius 2 is 2.33 bits per heavy atom. The molecule has 0 bridgehead atoms. The third-order valence-corrected chi connectivity index (χ3v) is 2.51. The predicted molar refractivity (Wildman–Crippen MR) is 48.3 cm³/mol. The molecule has 1 rings (SSSR count). The van der Waals surface area contributed by atoms with E-state index >= 15 is 0 Å². The molecule has 0 aliphatic heterocycles. The molecule has 0 aromatic carbocycles. The molecule has 12 heavy (non-hydrogen) atoms. The summed E-state index contributed by atoms with van der Waals surface area (Å²) in [7, 11) is 0. The van der Waals surface area contributed by atoms with Gasteiger partial charge in [-0.25, -0.2) is 0 Å². The SMILES string of the molecule is Cc1c(Br)cc([N+](=O)[O-])nc1Cl. The largest absolute Gasteiger partial charge is 0.366 e. The van der Waals surface area contributed by atoms with Crippen molar-refractivity contribution >= 4 is 33.3 Å². The maximum absolute atomic E-state index is 10.3. The molecule has 1 aromatic heterocycles. The van der Waals surface area contributed by atoms with Gasteiger partial charge in [-0.15, -0.1) is 0 Å². The van der Waals surface area contributed by atoms with E-state index in [1.54, 1.807) is 6.92 Å². The first-order valence-corrected chi connectivity index (χ1v) is 4.16. The summed E-state index contributed by atoms with van der Waals surface area (Å²) in [5.74, 6) is -0.252. The molecule has 1 aromatic rings. The zero-order valence-corrected chi connectivity index (χ0v) is 8.39. The Labute approximate surface area is 81.8 Å². The standard InChI is InChI=1S/C6H4BrClN2O2/c1-3-4(7)2-5(10(11)12)9-6(3)8/h2H,1H3. The van der Waals surface area contributed by atoms with Crippen molar-refractivity contribution in [2.24, 2.45) is 0 Å². The molecule has 0 radical (unpaired) electrons. The zero-order chi connectivity index (χ0) is 9.30. The number of rotatable bonds is 1. The molecular formula is C6H4BrClN2O2. The molecule has 0 unspecified atom stereocenters. The van der Waals surface area contributed by atoms with Crippen molar-refractivity contribution in [3.05, 3.63) is 31.4 Å². The van der Waals surface area contributed by atoms with Gasteiger partial charge in [-0.3, -0.25) is 0 Å². The minimum absolute atomic E-state index is 0.149. The van der Waals surface area contributed by atoms with Crippen LogP contribution in [0.4, 0.5) is 5.82 Å². The van der Waals surface area contributed by atoms with E-state index in [1.165, 1.54) is 6.07 Å². The summed E-state index contributed by atoms with van der Waals surface area (Å²) in [6, 6.07) is 1.32. The highest BCUT2D eigenvalue weighted by molar-refractivity contribution is 9.10. The van der Waals surface area contributed by atoms with Crippen LogP contribution in [-0.4, -0.2) is 9.91 Å². The van der Waals surface area contributed by atoms with Crippen LogP contribution in [0.25, 0.3) is 0 Å². The average molecular weight is 251 g/mol. The van der Waals surface area contributed by atoms with E-state index in [1.807, 2.05) is 0 Å². The summed E-state index contributed by atoms with van der Waals surface area (Å²) >= 11 is 8.75. The van der Waals surface area contributed by atoms with Crippen molar-refractivity contribution in [1.29, 1.82) is 0 Å². The summed E-state index contributed by atoms with van der Waals surface area (Å²) < 4.78 is 0.592. The Bertz CT molecular complexity index is 319. The lowest BCUT2D eigenvalue weighted by Crippen LogP contribution is -1.94. The second-order valence-corrected chi connectivity index (χ2v) is 3.35. The number of halogens is 2. The fraction of sp³-hybridized carbons (Fsp3) is 0.167. The Kier molecular flexibility index (Phi) is 2.64. The van der Waals surface area contributed by atoms with E-state index in [0.29, 0.717) is 10.0 Å². The van der Waals surface area contributed by atoms with Gasteiger partial charge in [-0.1, -0.05) is 15.9 Å². The first-order valence-electron chi connectivity index (χ1n) is 2.99. The molecule has 4 nitrogen and oxygen atoms in total. The molecule has 1 heterocycles. The normalized spacial score (nSPS) is 9.92. The van der Waals surface area contributed by atoms with Crippen LogP contribution in [-0.2, 0) is 0 Å². The van der Waals surface area contributed by atoms with Crippen LogP contribution in [0.3, 0.4) is 0 Å². The molecule has 64 valence electrons. The number of aromatic nitrogens is 1. The minimum atomic E-state index is -0.587. The van der Waals surface area contributed by atoms with Crippen LogP contribution in [0, 0.1) is 17.0 Å². The Morgan fingerprint density at radius 3 is 2.75 bits per heavy atom. The fourth-order valence-corrected chi connectivity index (χ4v) is 1.33. The van der Waals surface area contributed by atoms with Gasteiger partial charge in [0.15, 0.2) is 0 Å². The van der Waals surface area contributed by atoms with Crippen LogP contribution < -0.4 is 0 Å². The van der Waals surface area contributed by atoms with E-state index in [-0.39, 0.29) is 11.0 Å². The Balaban J connectivity index is 3.31. The molecular weight excluding hydrogens is 247 g/mol. The first kappa shape index (κ1) is 9.41. The summed E-state index contributed by atoms with van der Waals surface area (Å²) in [6.45, 7) is 1.73. The van der Waals surface area contributed by atoms with Gasteiger partial charge in [0.05, 0.1) is 6.07 Å². The quantitative estimate of drug-likeness (QED) is 0.438. The van der Waals surface area contributed by atoms with Gasteiger partial charge in [-0.2, -0.15) is 0 Å². The van der Waals surface area contributed by atoms with Crippen LogP contribution in [0.5, 0.6) is 0 Å². The smallest absolute Gasteiger partial charge is 0.358 e. The predicted octanol–water partition coefficient (Wildman–Crippen LogP) is 2.71. The van der Waals surface area contributed by atoms with E-state index in [4.69, 9.17) is 11.6 Å². The van der Waals surface area contributed by atoms with Gasteiger partial charge in [0, 0.05) is 10.0 Å². The number of nitrogens with zero attached hydrogens (tertiary/aromatic N) is 2. The van der Waals surface area contributed by atoms with E-state index < -0.39 is 4.92 Å². The van der Waals surface area contributed by atoms with E-state index in [9.17, 15) is 10.1 Å². The molecule has 0 fully saturated rings. The van der Waals surface area contributed by atoms with Gasteiger partial charge in [0.25, 0.3) is 0 Å². The van der Waals surface area contributed by atoms with Gasteiger partial charge in [-0.05, 0) is 28.4 Å². The Hall–Kier alpha value is -0.680. The summed E-state index contributed by atoms with van der Waals surface area (Å²) in [5, 5.41) is 10.4. The van der Waals surface area contributed by atoms with Gasteiger partial charge >= 0.3 is 5.82 Å². The third-order valence-electron chi connectivity index (χ3n) is 1.32. The van der Waals surface area contributed by atoms with Gasteiger partial charge in [0.2, 0.25) is 5.15 Å². The number of hydrogen-bond acceptors (Lipinski definition) is 3. The molecule has 0 atom stereocenters. The van der Waals surface area contributed by atoms with Crippen molar-refractivity contribution in [3.8, 4) is 0 Å². The summed E-state index contributed by atoms with van der Waals surface area (Å²) in [5.41, 5.74) is 0.697. The van der Waals surface area contributed by atoms with Crippen LogP contribution in [0.15, 0.2) is 10.5 Å². The second kappa shape index (κ2) is 3.37. The molecule has 0 N–H and O–H groups in total. The first-order chi connectivity index (χ1) is 5.52. The van der Waals surface area contributed by atoms with Crippen molar-refractivity contribution < 1.29 is 4.92 Å². The lowest BCUT2D eigenvalue weighted by atomic mass is 10.3. The maximum atomic E-state index is 10.3. The van der Waals surface area contributed by atoms with Crippen molar-refractivity contribution in [3.63, 3.8) is 0 Å². The van der Waals surface area contributed by atoms with Crippen LogP contribution in [0.2, 0.25) is 5.15 Å². The average Bonchev–Trinajstić information content (AvgIpc) is 1.99. The highest BCUT2D eigenvalue weighted by Gasteiger charge is 2.14. The molecule has 0 amide bonds. The molecule has 0 spiro atoms. The van der Waals surface area contributed by atoms with Gasteiger partial charge < -0.3 is 10.1 Å². The lowest BCUT2D eigenvalue weighted by Gasteiger charge is -1.97. The molecule has 0 saturated heterocycles. The summed E-state index contributed by atoms with van der Waals surface area (Å²) in [6.07, 6.45) is 0. The van der Waals surface area contributed by atoms with Crippen molar-refractivity contribution in [2.75, 3.05) is 0 Å². The van der Waals surface area contributed by atoms with Crippen LogP contribution in [0.1, 0.15) is 5.56 Å². The minimum Gasteiger partial charge on any atom is -0.358 e. The zero-order valence-electron chi connectivity index (χ0n) is 6.04. The molecule has 6 heteroatoms. The maximum Gasteiger partial charge on any atom is 0.366 e. The van der Waals surface area contributed by atoms with Crippen molar-refractivity contribution in [1.82, 2.24) is 4.98 Å². The molecule has 0 aliphatic rings. The number of nitro groups is 1. The van der Waals surface area contributed by atoms with Crippen LogP contribution >= 0.6 is 27.5 Å². The van der Waals surface area contributed by atoms with E-state index in [2.05, 4.69) is 20.9 Å². The number of hydrogen-bond donors (Lipinski definition) is 0. The fourth-order valence-electron chi connectivity index (χ4n) is 0.630. The third kappa shape index (κ3) is 1.73. The molecule has 0 saturated carbocycles. The number of pyridine rings is 1. The Morgan fingerprint density at radius 1 is 1.75 bits per heavy atom. The lowest BCUT2D eigenvalue weighted by molar-refractivity contribution is -0.389. The van der Waals surface area contributed by atoms with E-state index in [0.717, 1.165) is 0 Å². The van der Waals surface area contributed by atoms with Crippen molar-refractivity contribution in [2.45, 2.75) is 6.92 Å².